The summed E-state index contributed by atoms with van der Waals surface area (Å²) in [4.78, 5) is 25.2. The molecule has 2 aromatic heterocycles. The lowest BCUT2D eigenvalue weighted by Gasteiger charge is -2.09. The first kappa shape index (κ1) is 17.8. The number of nitrogens with one attached hydrogen (secondary N) is 1. The first-order valence-electron chi connectivity index (χ1n) is 8.70. The van der Waals surface area contributed by atoms with Crippen LogP contribution in [-0.2, 0) is 14.1 Å². The average Bonchev–Trinajstić information content (AvgIpc) is 3.06. The third-order valence-electron chi connectivity index (χ3n) is 4.82. The van der Waals surface area contributed by atoms with E-state index in [2.05, 4.69) is 5.32 Å². The highest BCUT2D eigenvalue weighted by molar-refractivity contribution is 5.99. The summed E-state index contributed by atoms with van der Waals surface area (Å²) in [6.45, 7) is 1.92. The van der Waals surface area contributed by atoms with E-state index in [-0.39, 0.29) is 28.1 Å². The number of nitrogens with zero attached hydrogens (tertiary/aromatic N) is 2. The maximum Gasteiger partial charge on any atom is 0.333 e. The Hall–Kier alpha value is -3.61. The van der Waals surface area contributed by atoms with Crippen LogP contribution >= 0.6 is 0 Å². The lowest BCUT2D eigenvalue weighted by molar-refractivity contribution is 0.577. The van der Waals surface area contributed by atoms with Crippen molar-refractivity contribution in [2.45, 2.75) is 6.92 Å². The standard InChI is InChI=1S/C21H18FN3O3/c1-12-8-4-7-11-15(12)23-18-16(13-9-5-6-10-14(13)22)17-19(26)24(2)21(27)25(3)20(17)28-18/h4-11,23H,1-3H3. The number of hydrogen-bond donors (Lipinski definition) is 1. The van der Waals surface area contributed by atoms with E-state index in [1.165, 1.54) is 24.7 Å². The van der Waals surface area contributed by atoms with Crippen LogP contribution in [0, 0.1) is 12.7 Å². The third-order valence-corrected chi connectivity index (χ3v) is 4.82. The van der Waals surface area contributed by atoms with Gasteiger partial charge in [0.05, 0.1) is 5.56 Å². The van der Waals surface area contributed by atoms with Crippen molar-refractivity contribution in [3.8, 4) is 11.1 Å². The smallest absolute Gasteiger partial charge is 0.333 e. The maximum atomic E-state index is 14.6. The molecule has 1 N–H and O–H groups in total. The Labute approximate surface area is 159 Å². The molecular weight excluding hydrogens is 361 g/mol. The molecule has 0 spiro atoms. The molecule has 2 heterocycles. The van der Waals surface area contributed by atoms with Gasteiger partial charge in [-0.1, -0.05) is 36.4 Å². The molecular formula is C21H18FN3O3. The first-order valence-corrected chi connectivity index (χ1v) is 8.70. The molecule has 4 aromatic rings. The van der Waals surface area contributed by atoms with Gasteiger partial charge in [-0.05, 0) is 24.6 Å². The molecule has 0 aliphatic heterocycles. The summed E-state index contributed by atoms with van der Waals surface area (Å²) >= 11 is 0. The highest BCUT2D eigenvalue weighted by Gasteiger charge is 2.25. The van der Waals surface area contributed by atoms with Crippen LogP contribution in [0.3, 0.4) is 0 Å². The lowest BCUT2D eigenvalue weighted by atomic mass is 10.0. The Balaban J connectivity index is 2.11. The monoisotopic (exact) mass is 379 g/mol. The zero-order chi connectivity index (χ0) is 20.0. The normalized spacial score (nSPS) is 11.1. The van der Waals surface area contributed by atoms with Gasteiger partial charge in [0.1, 0.15) is 11.2 Å². The second kappa shape index (κ2) is 6.53. The largest absolute Gasteiger partial charge is 0.423 e. The number of furan rings is 1. The van der Waals surface area contributed by atoms with E-state index in [1.807, 2.05) is 31.2 Å². The number of hydrogen-bond acceptors (Lipinski definition) is 4. The van der Waals surface area contributed by atoms with E-state index in [0.29, 0.717) is 0 Å². The van der Waals surface area contributed by atoms with Gasteiger partial charge in [-0.3, -0.25) is 13.9 Å². The second-order valence-electron chi connectivity index (χ2n) is 6.61. The van der Waals surface area contributed by atoms with Gasteiger partial charge in [0.15, 0.2) is 0 Å². The Morgan fingerprint density at radius 3 is 2.36 bits per heavy atom. The van der Waals surface area contributed by atoms with Crippen molar-refractivity contribution in [3.63, 3.8) is 0 Å². The van der Waals surface area contributed by atoms with Gasteiger partial charge in [0.2, 0.25) is 11.6 Å². The molecule has 28 heavy (non-hydrogen) atoms. The molecule has 2 aromatic carbocycles. The lowest BCUT2D eigenvalue weighted by Crippen LogP contribution is -2.36. The molecule has 0 amide bonds. The summed E-state index contributed by atoms with van der Waals surface area (Å²) in [7, 11) is 2.90. The van der Waals surface area contributed by atoms with Crippen molar-refractivity contribution in [1.82, 2.24) is 9.13 Å². The summed E-state index contributed by atoms with van der Waals surface area (Å²) < 4.78 is 22.8. The van der Waals surface area contributed by atoms with Gasteiger partial charge in [-0.15, -0.1) is 0 Å². The molecule has 7 heteroatoms. The van der Waals surface area contributed by atoms with E-state index < -0.39 is 17.1 Å². The highest BCUT2D eigenvalue weighted by atomic mass is 19.1. The van der Waals surface area contributed by atoms with Crippen LogP contribution in [0.1, 0.15) is 5.56 Å². The van der Waals surface area contributed by atoms with Crippen molar-refractivity contribution in [2.75, 3.05) is 5.32 Å². The highest BCUT2D eigenvalue weighted by Crippen LogP contribution is 2.39. The Morgan fingerprint density at radius 1 is 0.964 bits per heavy atom. The van der Waals surface area contributed by atoms with Crippen LogP contribution in [0.4, 0.5) is 16.0 Å². The van der Waals surface area contributed by atoms with Gasteiger partial charge >= 0.3 is 5.69 Å². The van der Waals surface area contributed by atoms with E-state index in [4.69, 9.17) is 4.42 Å². The van der Waals surface area contributed by atoms with Crippen molar-refractivity contribution in [1.29, 1.82) is 0 Å². The van der Waals surface area contributed by atoms with Gasteiger partial charge in [0.25, 0.3) is 5.56 Å². The Morgan fingerprint density at radius 2 is 1.64 bits per heavy atom. The topological polar surface area (TPSA) is 69.2 Å². The number of aryl methyl sites for hydroxylation is 2. The number of anilines is 2. The van der Waals surface area contributed by atoms with E-state index in [1.54, 1.807) is 18.2 Å². The summed E-state index contributed by atoms with van der Waals surface area (Å²) in [6.07, 6.45) is 0. The quantitative estimate of drug-likeness (QED) is 0.589. The van der Waals surface area contributed by atoms with Crippen molar-refractivity contribution in [2.24, 2.45) is 14.1 Å². The van der Waals surface area contributed by atoms with Crippen molar-refractivity contribution in [3.05, 3.63) is 80.7 Å². The number of halogens is 1. The van der Waals surface area contributed by atoms with E-state index in [9.17, 15) is 14.0 Å². The van der Waals surface area contributed by atoms with Crippen LogP contribution in [0.15, 0.2) is 62.5 Å². The molecule has 142 valence electrons. The molecule has 0 bridgehead atoms. The van der Waals surface area contributed by atoms with Crippen molar-refractivity contribution >= 4 is 22.7 Å². The summed E-state index contributed by atoms with van der Waals surface area (Å²) in [5, 5.41) is 3.30. The molecule has 0 saturated carbocycles. The number of benzene rings is 2. The summed E-state index contributed by atoms with van der Waals surface area (Å²) in [5.41, 5.74) is 1.22. The molecule has 0 aliphatic carbocycles. The predicted octanol–water partition coefficient (Wildman–Crippen LogP) is 3.69. The fourth-order valence-corrected chi connectivity index (χ4v) is 3.26. The zero-order valence-electron chi connectivity index (χ0n) is 15.6. The molecule has 0 unspecified atom stereocenters. The fraction of sp³-hybridized carbons (Fsp3) is 0.143. The van der Waals surface area contributed by atoms with Crippen LogP contribution in [0.25, 0.3) is 22.2 Å². The van der Waals surface area contributed by atoms with Crippen LogP contribution < -0.4 is 16.6 Å². The number of fused-ring (bicyclic) bond motifs is 1. The SMILES string of the molecule is Cc1ccccc1Nc1oc2c(c1-c1ccccc1F)c(=O)n(C)c(=O)n2C. The second-order valence-corrected chi connectivity index (χ2v) is 6.61. The summed E-state index contributed by atoms with van der Waals surface area (Å²) in [5.74, 6) is -0.290. The third kappa shape index (κ3) is 2.63. The van der Waals surface area contributed by atoms with Gasteiger partial charge < -0.3 is 9.73 Å². The van der Waals surface area contributed by atoms with Gasteiger partial charge in [-0.25, -0.2) is 9.18 Å². The number of para-hydroxylation sites is 1. The minimum atomic E-state index is -0.544. The maximum absolute atomic E-state index is 14.6. The molecule has 0 atom stereocenters. The zero-order valence-corrected chi connectivity index (χ0v) is 15.6. The molecule has 0 radical (unpaired) electrons. The molecule has 0 aliphatic rings. The molecule has 6 nitrogen and oxygen atoms in total. The van der Waals surface area contributed by atoms with Crippen LogP contribution in [0.2, 0.25) is 0 Å². The van der Waals surface area contributed by atoms with E-state index >= 15 is 0 Å². The van der Waals surface area contributed by atoms with Gasteiger partial charge in [0, 0.05) is 25.3 Å². The first-order chi connectivity index (χ1) is 13.4. The number of rotatable bonds is 3. The molecule has 0 fully saturated rings. The van der Waals surface area contributed by atoms with Gasteiger partial charge in [-0.2, -0.15) is 0 Å². The summed E-state index contributed by atoms with van der Waals surface area (Å²) in [6, 6.07) is 13.7. The Bertz CT molecular complexity index is 1330. The molecule has 4 rings (SSSR count). The average molecular weight is 379 g/mol. The fourth-order valence-electron chi connectivity index (χ4n) is 3.26. The van der Waals surface area contributed by atoms with Crippen LogP contribution in [0.5, 0.6) is 0 Å². The predicted molar refractivity (Wildman–Crippen MR) is 107 cm³/mol. The minimum absolute atomic E-state index is 0.0856. The van der Waals surface area contributed by atoms with E-state index in [0.717, 1.165) is 15.8 Å². The minimum Gasteiger partial charge on any atom is -0.423 e. The van der Waals surface area contributed by atoms with Crippen LogP contribution in [-0.4, -0.2) is 9.13 Å². The Kier molecular flexibility index (Phi) is 4.15. The molecule has 0 saturated heterocycles. The number of aromatic nitrogens is 2. The van der Waals surface area contributed by atoms with Crippen molar-refractivity contribution < 1.29 is 8.81 Å².